The molecule has 1 N–H and O–H groups in total. The molecule has 1 amide bonds. The van der Waals surface area contributed by atoms with Gasteiger partial charge < -0.3 is 14.6 Å². The Hall–Kier alpha value is -3.65. The van der Waals surface area contributed by atoms with Crippen LogP contribution in [0.3, 0.4) is 0 Å². The Labute approximate surface area is 178 Å². The van der Waals surface area contributed by atoms with Crippen molar-refractivity contribution in [2.75, 3.05) is 11.1 Å². The maximum Gasteiger partial charge on any atom is 0.234 e. The minimum Gasteiger partial charge on any atom is -0.457 e. The van der Waals surface area contributed by atoms with Crippen LogP contribution < -0.4 is 10.1 Å². The topological polar surface area (TPSA) is 81.9 Å². The number of anilines is 1. The van der Waals surface area contributed by atoms with Gasteiger partial charge in [-0.3, -0.25) is 9.78 Å². The number of pyridine rings is 1. The molecule has 0 aliphatic heterocycles. The van der Waals surface area contributed by atoms with Crippen LogP contribution in [0.4, 0.5) is 5.69 Å². The van der Waals surface area contributed by atoms with Gasteiger partial charge in [0.05, 0.1) is 5.75 Å². The molecule has 0 aliphatic carbocycles. The van der Waals surface area contributed by atoms with E-state index in [2.05, 4.69) is 20.5 Å². The first-order valence-electron chi connectivity index (χ1n) is 9.24. The van der Waals surface area contributed by atoms with E-state index in [9.17, 15) is 4.79 Å². The monoisotopic (exact) mass is 417 g/mol. The highest BCUT2D eigenvalue weighted by atomic mass is 32.2. The molecular weight excluding hydrogens is 398 g/mol. The van der Waals surface area contributed by atoms with E-state index in [1.807, 2.05) is 78.3 Å². The van der Waals surface area contributed by atoms with Gasteiger partial charge in [-0.25, -0.2) is 0 Å². The highest BCUT2D eigenvalue weighted by Crippen LogP contribution is 2.24. The lowest BCUT2D eigenvalue weighted by Gasteiger charge is -2.08. The Balaban J connectivity index is 1.31. The zero-order valence-electron chi connectivity index (χ0n) is 16.2. The molecule has 7 nitrogen and oxygen atoms in total. The van der Waals surface area contributed by atoms with Gasteiger partial charge in [-0.05, 0) is 48.5 Å². The van der Waals surface area contributed by atoms with Crippen LogP contribution in [0.25, 0.3) is 11.4 Å². The number of carbonyl (C=O) groups is 1. The van der Waals surface area contributed by atoms with E-state index in [0.717, 1.165) is 17.1 Å². The molecule has 2 heterocycles. The number of thioether (sulfide) groups is 1. The van der Waals surface area contributed by atoms with Gasteiger partial charge in [-0.2, -0.15) is 0 Å². The summed E-state index contributed by atoms with van der Waals surface area (Å²) in [5.41, 5.74) is 1.63. The lowest BCUT2D eigenvalue weighted by molar-refractivity contribution is -0.113. The van der Waals surface area contributed by atoms with Crippen molar-refractivity contribution in [3.8, 4) is 22.9 Å². The van der Waals surface area contributed by atoms with Crippen LogP contribution in [0.1, 0.15) is 0 Å². The molecule has 4 rings (SSSR count). The highest BCUT2D eigenvalue weighted by molar-refractivity contribution is 7.99. The summed E-state index contributed by atoms with van der Waals surface area (Å²) in [4.78, 5) is 16.3. The number of nitrogens with one attached hydrogen (secondary N) is 1. The maximum atomic E-state index is 12.3. The smallest absolute Gasteiger partial charge is 0.234 e. The summed E-state index contributed by atoms with van der Waals surface area (Å²) < 4.78 is 7.62. The normalized spacial score (nSPS) is 10.6. The zero-order chi connectivity index (χ0) is 20.8. The lowest BCUT2D eigenvalue weighted by Crippen LogP contribution is -2.14. The average Bonchev–Trinajstić information content (AvgIpc) is 3.15. The standard InChI is InChI=1S/C22H19N5O2S/c1-27-21(16-11-13-23-14-12-16)25-26-22(27)30-15-20(28)24-17-7-9-19(10-8-17)29-18-5-3-2-4-6-18/h2-14H,15H2,1H3,(H,24,28). The van der Waals surface area contributed by atoms with Gasteiger partial charge in [-0.15, -0.1) is 10.2 Å². The molecule has 0 radical (unpaired) electrons. The van der Waals surface area contributed by atoms with Gasteiger partial charge in [0.25, 0.3) is 0 Å². The summed E-state index contributed by atoms with van der Waals surface area (Å²) in [6.45, 7) is 0. The number of hydrogen-bond donors (Lipinski definition) is 1. The summed E-state index contributed by atoms with van der Waals surface area (Å²) in [5, 5.41) is 11.9. The molecule has 4 aromatic rings. The highest BCUT2D eigenvalue weighted by Gasteiger charge is 2.13. The summed E-state index contributed by atoms with van der Waals surface area (Å²) in [5.74, 6) is 2.31. The summed E-state index contributed by atoms with van der Waals surface area (Å²) in [7, 11) is 1.88. The molecule has 0 fully saturated rings. The molecule has 150 valence electrons. The van der Waals surface area contributed by atoms with Crippen LogP contribution in [0, 0.1) is 0 Å². The molecule has 2 aromatic heterocycles. The first kappa shape index (κ1) is 19.7. The predicted molar refractivity (Wildman–Crippen MR) is 117 cm³/mol. The number of aromatic nitrogens is 4. The number of para-hydroxylation sites is 1. The van der Waals surface area contributed by atoms with E-state index in [-0.39, 0.29) is 11.7 Å². The Morgan fingerprint density at radius 2 is 1.67 bits per heavy atom. The molecule has 0 saturated heterocycles. The van der Waals surface area contributed by atoms with Crippen molar-refractivity contribution in [3.05, 3.63) is 79.1 Å². The molecule has 0 atom stereocenters. The van der Waals surface area contributed by atoms with E-state index in [4.69, 9.17) is 4.74 Å². The number of hydrogen-bond acceptors (Lipinski definition) is 6. The van der Waals surface area contributed by atoms with Gasteiger partial charge in [0.15, 0.2) is 11.0 Å². The van der Waals surface area contributed by atoms with E-state index in [1.54, 1.807) is 12.4 Å². The third-order valence-corrected chi connectivity index (χ3v) is 5.24. The van der Waals surface area contributed by atoms with Gasteiger partial charge in [-0.1, -0.05) is 30.0 Å². The van der Waals surface area contributed by atoms with Crippen molar-refractivity contribution in [1.82, 2.24) is 19.7 Å². The van der Waals surface area contributed by atoms with E-state index in [0.29, 0.717) is 16.6 Å². The predicted octanol–water partition coefficient (Wildman–Crippen LogP) is 4.40. The van der Waals surface area contributed by atoms with Gasteiger partial charge in [0.1, 0.15) is 11.5 Å². The summed E-state index contributed by atoms with van der Waals surface area (Å²) in [6, 6.07) is 20.5. The second-order valence-corrected chi connectivity index (χ2v) is 7.32. The molecule has 8 heteroatoms. The van der Waals surface area contributed by atoms with E-state index >= 15 is 0 Å². The molecule has 0 saturated carbocycles. The van der Waals surface area contributed by atoms with Crippen molar-refractivity contribution < 1.29 is 9.53 Å². The Kier molecular flexibility index (Phi) is 6.05. The fraction of sp³-hybridized carbons (Fsp3) is 0.0909. The van der Waals surface area contributed by atoms with E-state index < -0.39 is 0 Å². The number of nitrogens with zero attached hydrogens (tertiary/aromatic N) is 4. The Morgan fingerprint density at radius 3 is 2.40 bits per heavy atom. The van der Waals surface area contributed by atoms with E-state index in [1.165, 1.54) is 11.8 Å². The Morgan fingerprint density at radius 1 is 0.967 bits per heavy atom. The lowest BCUT2D eigenvalue weighted by atomic mass is 10.2. The Bertz CT molecular complexity index is 1120. The largest absolute Gasteiger partial charge is 0.457 e. The number of ether oxygens (including phenoxy) is 1. The first-order valence-corrected chi connectivity index (χ1v) is 10.2. The quantitative estimate of drug-likeness (QED) is 0.449. The van der Waals surface area contributed by atoms with Crippen molar-refractivity contribution in [1.29, 1.82) is 0 Å². The summed E-state index contributed by atoms with van der Waals surface area (Å²) in [6.07, 6.45) is 3.42. The average molecular weight is 417 g/mol. The van der Waals surface area contributed by atoms with Crippen LogP contribution in [0.2, 0.25) is 0 Å². The third-order valence-electron chi connectivity index (χ3n) is 4.22. The van der Waals surface area contributed by atoms with Crippen molar-refractivity contribution >= 4 is 23.4 Å². The fourth-order valence-electron chi connectivity index (χ4n) is 2.75. The SMILES string of the molecule is Cn1c(SCC(=O)Nc2ccc(Oc3ccccc3)cc2)nnc1-c1ccncc1. The van der Waals surface area contributed by atoms with Crippen molar-refractivity contribution in [2.24, 2.45) is 7.05 Å². The van der Waals surface area contributed by atoms with Gasteiger partial charge in [0.2, 0.25) is 5.91 Å². The molecule has 2 aromatic carbocycles. The molecule has 0 bridgehead atoms. The number of carbonyl (C=O) groups excluding carboxylic acids is 1. The van der Waals surface area contributed by atoms with Crippen LogP contribution >= 0.6 is 11.8 Å². The maximum absolute atomic E-state index is 12.3. The van der Waals surface area contributed by atoms with Crippen LogP contribution in [-0.2, 0) is 11.8 Å². The number of benzene rings is 2. The van der Waals surface area contributed by atoms with Crippen LogP contribution in [-0.4, -0.2) is 31.4 Å². The minimum absolute atomic E-state index is 0.120. The molecule has 0 unspecified atom stereocenters. The fourth-order valence-corrected chi connectivity index (χ4v) is 3.46. The van der Waals surface area contributed by atoms with Gasteiger partial charge in [0, 0.05) is 30.7 Å². The second kappa shape index (κ2) is 9.23. The number of rotatable bonds is 7. The van der Waals surface area contributed by atoms with Crippen molar-refractivity contribution in [2.45, 2.75) is 5.16 Å². The van der Waals surface area contributed by atoms with Gasteiger partial charge >= 0.3 is 0 Å². The summed E-state index contributed by atoms with van der Waals surface area (Å²) >= 11 is 1.33. The third kappa shape index (κ3) is 4.84. The first-order chi connectivity index (χ1) is 14.7. The molecule has 0 aliphatic rings. The second-order valence-electron chi connectivity index (χ2n) is 6.38. The molecular formula is C22H19N5O2S. The van der Waals surface area contributed by atoms with Crippen LogP contribution in [0.5, 0.6) is 11.5 Å². The zero-order valence-corrected chi connectivity index (χ0v) is 17.0. The molecule has 0 spiro atoms. The van der Waals surface area contributed by atoms with Crippen molar-refractivity contribution in [3.63, 3.8) is 0 Å². The van der Waals surface area contributed by atoms with Crippen LogP contribution in [0.15, 0.2) is 84.3 Å². The number of amides is 1. The molecule has 30 heavy (non-hydrogen) atoms. The minimum atomic E-state index is -0.120.